The fraction of sp³-hybridized carbons (Fsp3) is 0.500. The summed E-state index contributed by atoms with van der Waals surface area (Å²) in [5.74, 6) is 1.91. The Morgan fingerprint density at radius 2 is 1.68 bits per heavy atom. The molecule has 0 fully saturated rings. The van der Waals surface area contributed by atoms with Crippen molar-refractivity contribution in [1.82, 2.24) is 4.90 Å². The molecule has 168 valence electrons. The average molecular weight is 442 g/mol. The number of halogens is 1. The highest BCUT2D eigenvalue weighted by atomic mass is 35.5. The smallest absolute Gasteiger partial charge is 0.198 e. The standard InChI is InChI=1S/C26H36ClN3O/c1-3-5-6-7-8-9-18-30-24(19-21-10-16-25(17-11-21)31-4-2)20-28-26(30)29-23-14-12-22(27)13-15-23/h10-17,24H,3-9,18-20H2,1-2H3,(H,28,29)/t24-/m0/s1. The summed E-state index contributed by atoms with van der Waals surface area (Å²) in [7, 11) is 0. The lowest BCUT2D eigenvalue weighted by Crippen LogP contribution is -2.41. The van der Waals surface area contributed by atoms with Crippen molar-refractivity contribution in [1.29, 1.82) is 0 Å². The summed E-state index contributed by atoms with van der Waals surface area (Å²) in [6, 6.07) is 16.7. The molecule has 1 N–H and O–H groups in total. The Labute approximate surface area is 192 Å². The zero-order chi connectivity index (χ0) is 21.9. The van der Waals surface area contributed by atoms with E-state index in [1.165, 1.54) is 44.1 Å². The Morgan fingerprint density at radius 1 is 0.968 bits per heavy atom. The first-order valence-electron chi connectivity index (χ1n) is 11.7. The normalized spacial score (nSPS) is 15.8. The van der Waals surface area contributed by atoms with Crippen LogP contribution in [0.3, 0.4) is 0 Å². The molecule has 1 aliphatic heterocycles. The van der Waals surface area contributed by atoms with Crippen molar-refractivity contribution in [3.63, 3.8) is 0 Å². The molecule has 0 saturated heterocycles. The summed E-state index contributed by atoms with van der Waals surface area (Å²) >= 11 is 6.04. The molecule has 0 spiro atoms. The summed E-state index contributed by atoms with van der Waals surface area (Å²) in [6.45, 7) is 6.83. The van der Waals surface area contributed by atoms with Gasteiger partial charge in [0.05, 0.1) is 19.2 Å². The van der Waals surface area contributed by atoms with E-state index in [9.17, 15) is 0 Å². The van der Waals surface area contributed by atoms with Crippen LogP contribution in [0.25, 0.3) is 0 Å². The Morgan fingerprint density at radius 3 is 2.39 bits per heavy atom. The predicted octanol–water partition coefficient (Wildman–Crippen LogP) is 6.79. The van der Waals surface area contributed by atoms with Gasteiger partial charge in [-0.1, -0.05) is 62.8 Å². The van der Waals surface area contributed by atoms with Gasteiger partial charge >= 0.3 is 0 Å². The molecular formula is C26H36ClN3O. The van der Waals surface area contributed by atoms with Gasteiger partial charge in [-0.2, -0.15) is 0 Å². The fourth-order valence-corrected chi connectivity index (χ4v) is 4.14. The van der Waals surface area contributed by atoms with Crippen LogP contribution in [0.15, 0.2) is 53.5 Å². The van der Waals surface area contributed by atoms with Crippen molar-refractivity contribution in [2.45, 2.75) is 64.8 Å². The summed E-state index contributed by atoms with van der Waals surface area (Å²) in [5.41, 5.74) is 2.35. The number of nitrogens with zero attached hydrogens (tertiary/aromatic N) is 2. The molecular weight excluding hydrogens is 406 g/mol. The van der Waals surface area contributed by atoms with E-state index in [0.29, 0.717) is 12.6 Å². The van der Waals surface area contributed by atoms with Crippen LogP contribution in [0.5, 0.6) is 5.75 Å². The van der Waals surface area contributed by atoms with Crippen molar-refractivity contribution in [3.8, 4) is 5.75 Å². The minimum absolute atomic E-state index is 0.378. The summed E-state index contributed by atoms with van der Waals surface area (Å²) in [5, 5.41) is 4.26. The maximum atomic E-state index is 6.04. The van der Waals surface area contributed by atoms with E-state index in [-0.39, 0.29) is 0 Å². The quantitative estimate of drug-likeness (QED) is 0.368. The van der Waals surface area contributed by atoms with Crippen molar-refractivity contribution < 1.29 is 4.74 Å². The first kappa shape index (κ1) is 23.5. The molecule has 31 heavy (non-hydrogen) atoms. The Bertz CT molecular complexity index is 804. The molecule has 3 rings (SSSR count). The molecule has 0 bridgehead atoms. The van der Waals surface area contributed by atoms with Gasteiger partial charge in [-0.3, -0.25) is 4.99 Å². The Kier molecular flexibility index (Phi) is 9.54. The molecule has 0 saturated carbocycles. The lowest BCUT2D eigenvalue weighted by molar-refractivity contribution is 0.329. The molecule has 0 aromatic heterocycles. The number of hydrogen-bond acceptors (Lipinski definition) is 4. The number of unbranched alkanes of at least 4 members (excludes halogenated alkanes) is 5. The maximum absolute atomic E-state index is 6.04. The maximum Gasteiger partial charge on any atom is 0.198 e. The van der Waals surface area contributed by atoms with Crippen molar-refractivity contribution in [2.24, 2.45) is 4.99 Å². The molecule has 0 amide bonds. The van der Waals surface area contributed by atoms with Crippen LogP contribution >= 0.6 is 11.6 Å². The third-order valence-electron chi connectivity index (χ3n) is 5.72. The summed E-state index contributed by atoms with van der Waals surface area (Å²) in [6.07, 6.45) is 8.76. The minimum Gasteiger partial charge on any atom is -0.494 e. The first-order valence-corrected chi connectivity index (χ1v) is 12.1. The zero-order valence-corrected chi connectivity index (χ0v) is 19.7. The number of anilines is 1. The molecule has 1 atom stereocenters. The van der Waals surface area contributed by atoms with Crippen LogP contribution in [0.4, 0.5) is 5.69 Å². The number of hydrogen-bond donors (Lipinski definition) is 1. The monoisotopic (exact) mass is 441 g/mol. The van der Waals surface area contributed by atoms with Crippen LogP contribution in [0, 0.1) is 0 Å². The van der Waals surface area contributed by atoms with Gasteiger partial charge < -0.3 is 15.0 Å². The van der Waals surface area contributed by atoms with E-state index in [2.05, 4.69) is 41.4 Å². The lowest BCUT2D eigenvalue weighted by atomic mass is 10.0. The van der Waals surface area contributed by atoms with E-state index in [0.717, 1.165) is 41.9 Å². The second kappa shape index (κ2) is 12.6. The van der Waals surface area contributed by atoms with E-state index in [1.54, 1.807) is 0 Å². The number of ether oxygens (including phenoxy) is 1. The zero-order valence-electron chi connectivity index (χ0n) is 18.9. The average Bonchev–Trinajstić information content (AvgIpc) is 3.15. The molecule has 1 heterocycles. The summed E-state index contributed by atoms with van der Waals surface area (Å²) < 4.78 is 5.58. The molecule has 2 aromatic carbocycles. The topological polar surface area (TPSA) is 36.9 Å². The van der Waals surface area contributed by atoms with Crippen LogP contribution in [0.1, 0.15) is 57.9 Å². The van der Waals surface area contributed by atoms with Crippen molar-refractivity contribution in [3.05, 3.63) is 59.1 Å². The second-order valence-electron chi connectivity index (χ2n) is 8.19. The van der Waals surface area contributed by atoms with Gasteiger partial charge in [0.25, 0.3) is 0 Å². The lowest BCUT2D eigenvalue weighted by Gasteiger charge is -2.28. The number of rotatable bonds is 12. The highest BCUT2D eigenvalue weighted by molar-refractivity contribution is 6.30. The Hall–Kier alpha value is -2.20. The molecule has 0 unspecified atom stereocenters. The fourth-order valence-electron chi connectivity index (χ4n) is 4.01. The Balaban J connectivity index is 1.61. The highest BCUT2D eigenvalue weighted by Gasteiger charge is 2.27. The van der Waals surface area contributed by atoms with Crippen LogP contribution in [0.2, 0.25) is 5.02 Å². The first-order chi connectivity index (χ1) is 15.2. The molecule has 0 aliphatic carbocycles. The van der Waals surface area contributed by atoms with Gasteiger partial charge in [-0.15, -0.1) is 0 Å². The number of benzene rings is 2. The van der Waals surface area contributed by atoms with Crippen molar-refractivity contribution >= 4 is 23.2 Å². The van der Waals surface area contributed by atoms with Gasteiger partial charge in [0, 0.05) is 17.3 Å². The van der Waals surface area contributed by atoms with E-state index < -0.39 is 0 Å². The van der Waals surface area contributed by atoms with Gasteiger partial charge in [0.2, 0.25) is 0 Å². The van der Waals surface area contributed by atoms with Crippen LogP contribution in [-0.2, 0) is 6.42 Å². The predicted molar refractivity (Wildman–Crippen MR) is 133 cm³/mol. The molecule has 4 nitrogen and oxygen atoms in total. The van der Waals surface area contributed by atoms with Gasteiger partial charge in [0.15, 0.2) is 5.96 Å². The van der Waals surface area contributed by atoms with Crippen LogP contribution in [-0.4, -0.2) is 36.6 Å². The molecule has 1 aliphatic rings. The number of aliphatic imine (C=N–C) groups is 1. The largest absolute Gasteiger partial charge is 0.494 e. The molecule has 2 aromatic rings. The van der Waals surface area contributed by atoms with Gasteiger partial charge in [-0.25, -0.2) is 0 Å². The molecule has 0 radical (unpaired) electrons. The summed E-state index contributed by atoms with van der Waals surface area (Å²) in [4.78, 5) is 7.32. The van der Waals surface area contributed by atoms with E-state index in [4.69, 9.17) is 21.3 Å². The van der Waals surface area contributed by atoms with Gasteiger partial charge in [0.1, 0.15) is 5.75 Å². The third kappa shape index (κ3) is 7.46. The SMILES string of the molecule is CCCCCCCCN1C(Nc2ccc(Cl)cc2)=NC[C@@H]1Cc1ccc(OCC)cc1. The third-order valence-corrected chi connectivity index (χ3v) is 5.98. The van der Waals surface area contributed by atoms with Gasteiger partial charge in [-0.05, 0) is 61.7 Å². The minimum atomic E-state index is 0.378. The van der Waals surface area contributed by atoms with E-state index in [1.807, 2.05) is 31.2 Å². The number of guanidine groups is 1. The highest BCUT2D eigenvalue weighted by Crippen LogP contribution is 2.22. The number of nitrogens with one attached hydrogen (secondary N) is 1. The van der Waals surface area contributed by atoms with Crippen molar-refractivity contribution in [2.75, 3.05) is 25.0 Å². The second-order valence-corrected chi connectivity index (χ2v) is 8.63. The van der Waals surface area contributed by atoms with Crippen LogP contribution < -0.4 is 10.1 Å². The van der Waals surface area contributed by atoms with E-state index >= 15 is 0 Å². The molecule has 5 heteroatoms.